The summed E-state index contributed by atoms with van der Waals surface area (Å²) in [6.45, 7) is 1.86. The van der Waals surface area contributed by atoms with Gasteiger partial charge in [-0.25, -0.2) is 0 Å². The van der Waals surface area contributed by atoms with Crippen molar-refractivity contribution in [3.05, 3.63) is 71.1 Å². The van der Waals surface area contributed by atoms with Crippen molar-refractivity contribution < 1.29 is 23.6 Å². The Balaban J connectivity index is 1.29. The molecule has 0 spiro atoms. The average Bonchev–Trinajstić information content (AvgIpc) is 3.27. The van der Waals surface area contributed by atoms with Gasteiger partial charge in [0.15, 0.2) is 6.61 Å². The van der Waals surface area contributed by atoms with Crippen LogP contribution in [0.5, 0.6) is 0 Å². The van der Waals surface area contributed by atoms with E-state index in [-0.39, 0.29) is 37.8 Å². The molecule has 0 fully saturated rings. The molecule has 1 aromatic heterocycles. The van der Waals surface area contributed by atoms with Crippen molar-refractivity contribution in [1.82, 2.24) is 15.0 Å². The third kappa shape index (κ3) is 4.53. The lowest BCUT2D eigenvalue weighted by Gasteiger charge is -2.26. The third-order valence-electron chi connectivity index (χ3n) is 5.12. The van der Waals surface area contributed by atoms with Crippen molar-refractivity contribution in [2.24, 2.45) is 0 Å². The second kappa shape index (κ2) is 8.91. The number of carbonyl (C=O) groups is 3. The summed E-state index contributed by atoms with van der Waals surface area (Å²) >= 11 is 0. The van der Waals surface area contributed by atoms with Gasteiger partial charge in [-0.15, -0.1) is 0 Å². The highest BCUT2D eigenvalue weighted by atomic mass is 16.6. The maximum absolute atomic E-state index is 12.5. The number of amides is 2. The zero-order chi connectivity index (χ0) is 21.8. The van der Waals surface area contributed by atoms with E-state index in [0.717, 1.165) is 16.9 Å². The van der Waals surface area contributed by atoms with E-state index in [1.54, 1.807) is 24.3 Å². The molecular weight excluding hydrogens is 398 g/mol. The van der Waals surface area contributed by atoms with Gasteiger partial charge in [0.1, 0.15) is 0 Å². The summed E-state index contributed by atoms with van der Waals surface area (Å²) in [6.07, 6.45) is 0.967. The minimum Gasteiger partial charge on any atom is -0.456 e. The summed E-state index contributed by atoms with van der Waals surface area (Å²) in [4.78, 5) is 42.2. The Kier molecular flexibility index (Phi) is 5.88. The Morgan fingerprint density at radius 1 is 1.13 bits per heavy atom. The fraction of sp³-hybridized carbons (Fsp3) is 0.261. The van der Waals surface area contributed by atoms with Gasteiger partial charge in [-0.05, 0) is 23.6 Å². The Bertz CT molecular complexity index is 1120. The maximum Gasteiger partial charge on any atom is 0.308 e. The molecule has 8 heteroatoms. The Morgan fingerprint density at radius 3 is 2.68 bits per heavy atom. The van der Waals surface area contributed by atoms with Gasteiger partial charge in [0.2, 0.25) is 11.7 Å². The normalized spacial score (nSPS) is 13.3. The van der Waals surface area contributed by atoms with Crippen molar-refractivity contribution in [3.63, 3.8) is 0 Å². The van der Waals surface area contributed by atoms with E-state index in [1.807, 2.05) is 24.3 Å². The average molecular weight is 419 g/mol. The van der Waals surface area contributed by atoms with Crippen LogP contribution in [-0.4, -0.2) is 39.4 Å². The summed E-state index contributed by atoms with van der Waals surface area (Å²) in [5.74, 6) is -0.701. The number of benzene rings is 2. The molecule has 2 amide bonds. The SMILES string of the molecule is CCc1ccc(-c2noc(COC(=O)CCN3C(=O)Cc4ccccc4C3=O)n2)cc1. The van der Waals surface area contributed by atoms with E-state index in [9.17, 15) is 14.4 Å². The first-order chi connectivity index (χ1) is 15.0. The van der Waals surface area contributed by atoms with Crippen molar-refractivity contribution in [2.75, 3.05) is 6.54 Å². The van der Waals surface area contributed by atoms with Crippen LogP contribution in [0.15, 0.2) is 53.1 Å². The van der Waals surface area contributed by atoms with Gasteiger partial charge >= 0.3 is 5.97 Å². The Hall–Kier alpha value is -3.81. The van der Waals surface area contributed by atoms with Gasteiger partial charge in [0.25, 0.3) is 11.8 Å². The van der Waals surface area contributed by atoms with Crippen LogP contribution in [0, 0.1) is 0 Å². The van der Waals surface area contributed by atoms with Crippen molar-refractivity contribution in [1.29, 1.82) is 0 Å². The number of nitrogens with zero attached hydrogens (tertiary/aromatic N) is 3. The minimum absolute atomic E-state index is 0.0380. The minimum atomic E-state index is -0.563. The summed E-state index contributed by atoms with van der Waals surface area (Å²) < 4.78 is 10.3. The van der Waals surface area contributed by atoms with Crippen LogP contribution in [-0.2, 0) is 33.8 Å². The lowest BCUT2D eigenvalue weighted by Crippen LogP contribution is -2.43. The fourth-order valence-corrected chi connectivity index (χ4v) is 3.36. The lowest BCUT2D eigenvalue weighted by atomic mass is 9.98. The molecule has 0 saturated heterocycles. The number of fused-ring (bicyclic) bond motifs is 1. The number of esters is 1. The number of carbonyl (C=O) groups excluding carboxylic acids is 3. The Labute approximate surface area is 178 Å². The summed E-state index contributed by atoms with van der Waals surface area (Å²) in [5.41, 5.74) is 3.20. The monoisotopic (exact) mass is 419 g/mol. The highest BCUT2D eigenvalue weighted by Gasteiger charge is 2.30. The fourth-order valence-electron chi connectivity index (χ4n) is 3.36. The van der Waals surface area contributed by atoms with Gasteiger partial charge in [-0.2, -0.15) is 4.98 Å². The lowest BCUT2D eigenvalue weighted by molar-refractivity contribution is -0.146. The first-order valence-corrected chi connectivity index (χ1v) is 10.0. The number of imide groups is 1. The van der Waals surface area contributed by atoms with Crippen LogP contribution >= 0.6 is 0 Å². The quantitative estimate of drug-likeness (QED) is 0.428. The predicted molar refractivity (Wildman–Crippen MR) is 110 cm³/mol. The van der Waals surface area contributed by atoms with E-state index in [4.69, 9.17) is 9.26 Å². The standard InChI is InChI=1S/C23H21N3O5/c1-2-15-7-9-16(10-8-15)22-24-19(31-25-22)14-30-21(28)11-12-26-20(27)13-17-5-3-4-6-18(17)23(26)29/h3-10H,2,11-14H2,1H3. The third-order valence-corrected chi connectivity index (χ3v) is 5.12. The molecule has 8 nitrogen and oxygen atoms in total. The van der Waals surface area contributed by atoms with Crippen LogP contribution in [0.3, 0.4) is 0 Å². The summed E-state index contributed by atoms with van der Waals surface area (Å²) in [7, 11) is 0. The number of ether oxygens (including phenoxy) is 1. The molecule has 2 heterocycles. The van der Waals surface area contributed by atoms with Gasteiger partial charge in [0, 0.05) is 17.7 Å². The molecule has 4 rings (SSSR count). The molecule has 3 aromatic rings. The van der Waals surface area contributed by atoms with Gasteiger partial charge in [-0.1, -0.05) is 54.5 Å². The highest BCUT2D eigenvalue weighted by Crippen LogP contribution is 2.20. The molecule has 1 aliphatic heterocycles. The second-order valence-electron chi connectivity index (χ2n) is 7.16. The molecule has 0 saturated carbocycles. The van der Waals surface area contributed by atoms with E-state index >= 15 is 0 Å². The molecule has 31 heavy (non-hydrogen) atoms. The molecule has 0 bridgehead atoms. The predicted octanol–water partition coefficient (Wildman–Crippen LogP) is 2.96. The molecule has 1 aliphatic rings. The second-order valence-corrected chi connectivity index (χ2v) is 7.16. The zero-order valence-electron chi connectivity index (χ0n) is 17.0. The molecule has 0 unspecified atom stereocenters. The summed E-state index contributed by atoms with van der Waals surface area (Å²) in [6, 6.07) is 14.8. The molecule has 2 aromatic carbocycles. The number of aromatic nitrogens is 2. The number of aryl methyl sites for hydroxylation is 1. The van der Waals surface area contributed by atoms with Crippen molar-refractivity contribution >= 4 is 17.8 Å². The van der Waals surface area contributed by atoms with Crippen LogP contribution < -0.4 is 0 Å². The van der Waals surface area contributed by atoms with E-state index in [0.29, 0.717) is 17.0 Å². The largest absolute Gasteiger partial charge is 0.456 e. The van der Waals surface area contributed by atoms with Crippen molar-refractivity contribution in [3.8, 4) is 11.4 Å². The molecule has 0 atom stereocenters. The smallest absolute Gasteiger partial charge is 0.308 e. The highest BCUT2D eigenvalue weighted by molar-refractivity contribution is 6.09. The zero-order valence-corrected chi connectivity index (χ0v) is 17.0. The molecule has 158 valence electrons. The topological polar surface area (TPSA) is 103 Å². The maximum atomic E-state index is 12.5. The Morgan fingerprint density at radius 2 is 1.90 bits per heavy atom. The van der Waals surface area contributed by atoms with Gasteiger partial charge < -0.3 is 9.26 Å². The first-order valence-electron chi connectivity index (χ1n) is 10.0. The number of hydrogen-bond acceptors (Lipinski definition) is 7. The summed E-state index contributed by atoms with van der Waals surface area (Å²) in [5, 5.41) is 3.91. The van der Waals surface area contributed by atoms with Crippen LogP contribution in [0.1, 0.15) is 40.7 Å². The van der Waals surface area contributed by atoms with Crippen LogP contribution in [0.4, 0.5) is 0 Å². The first kappa shape index (κ1) is 20.5. The molecule has 0 radical (unpaired) electrons. The van der Waals surface area contributed by atoms with Crippen LogP contribution in [0.25, 0.3) is 11.4 Å². The molecule has 0 aliphatic carbocycles. The molecule has 0 N–H and O–H groups in total. The van der Waals surface area contributed by atoms with E-state index in [1.165, 1.54) is 5.56 Å². The van der Waals surface area contributed by atoms with Crippen molar-refractivity contribution in [2.45, 2.75) is 32.8 Å². The van der Waals surface area contributed by atoms with Crippen LogP contribution in [0.2, 0.25) is 0 Å². The van der Waals surface area contributed by atoms with E-state index < -0.39 is 11.9 Å². The number of hydrogen-bond donors (Lipinski definition) is 0. The van der Waals surface area contributed by atoms with Gasteiger partial charge in [-0.3, -0.25) is 19.3 Å². The number of rotatable bonds is 7. The molecular formula is C23H21N3O5. The van der Waals surface area contributed by atoms with Gasteiger partial charge in [0.05, 0.1) is 12.8 Å². The van der Waals surface area contributed by atoms with E-state index in [2.05, 4.69) is 17.1 Å².